The Balaban J connectivity index is 3.28. The summed E-state index contributed by atoms with van der Waals surface area (Å²) < 4.78 is 18.8. The standard InChI is InChI=1S/C6H7BrN2OS/c7-5-2-1-3-6(4-5)11(8,9)10/h1-4H,(H3,8,9,10). The maximum Gasteiger partial charge on any atom is 0.132 e. The highest BCUT2D eigenvalue weighted by atomic mass is 79.9. The molecule has 0 saturated heterocycles. The van der Waals surface area contributed by atoms with E-state index in [9.17, 15) is 4.21 Å². The lowest BCUT2D eigenvalue weighted by Gasteiger charge is -1.99. The first-order valence-electron chi connectivity index (χ1n) is 2.82. The molecular formula is C6H7BrN2OS. The average Bonchev–Trinajstić information content (AvgIpc) is 1.86. The van der Waals surface area contributed by atoms with Crippen LogP contribution in [0.5, 0.6) is 0 Å². The van der Waals surface area contributed by atoms with Crippen LogP contribution in [0.1, 0.15) is 0 Å². The second-order valence-electron chi connectivity index (χ2n) is 2.06. The summed E-state index contributed by atoms with van der Waals surface area (Å²) in [5.74, 6) is 0. The molecule has 0 spiro atoms. The van der Waals surface area contributed by atoms with Gasteiger partial charge in [0.1, 0.15) is 9.92 Å². The van der Waals surface area contributed by atoms with E-state index in [0.29, 0.717) is 4.90 Å². The lowest BCUT2D eigenvalue weighted by molar-refractivity contribution is 0.676. The third kappa shape index (κ3) is 2.28. The number of benzene rings is 1. The Bertz CT molecular complexity index is 361. The van der Waals surface area contributed by atoms with Crippen molar-refractivity contribution in [3.63, 3.8) is 0 Å². The first kappa shape index (κ1) is 8.70. The van der Waals surface area contributed by atoms with Gasteiger partial charge in [-0.05, 0) is 18.2 Å². The fourth-order valence-electron chi connectivity index (χ4n) is 0.656. The number of halogens is 1. The summed E-state index contributed by atoms with van der Waals surface area (Å²) in [4.78, 5) is 0.340. The van der Waals surface area contributed by atoms with Crippen molar-refractivity contribution in [2.45, 2.75) is 4.90 Å². The van der Waals surface area contributed by atoms with Crippen molar-refractivity contribution in [2.75, 3.05) is 0 Å². The maximum atomic E-state index is 11.0. The van der Waals surface area contributed by atoms with E-state index in [-0.39, 0.29) is 0 Å². The molecule has 0 heterocycles. The molecule has 0 aliphatic rings. The molecule has 1 atom stereocenters. The molecule has 1 aromatic rings. The van der Waals surface area contributed by atoms with Gasteiger partial charge < -0.3 is 0 Å². The van der Waals surface area contributed by atoms with Gasteiger partial charge in [-0.3, -0.25) is 0 Å². The van der Waals surface area contributed by atoms with Crippen LogP contribution in [0.3, 0.4) is 0 Å². The summed E-state index contributed by atoms with van der Waals surface area (Å²) in [6, 6.07) is 6.63. The minimum absolute atomic E-state index is 0.340. The Hall–Kier alpha value is -0.390. The molecule has 1 rings (SSSR count). The van der Waals surface area contributed by atoms with E-state index in [0.717, 1.165) is 4.47 Å². The molecule has 0 aliphatic heterocycles. The fraction of sp³-hybridized carbons (Fsp3) is 0. The fourth-order valence-corrected chi connectivity index (χ4v) is 1.79. The summed E-state index contributed by atoms with van der Waals surface area (Å²) >= 11 is 3.19. The monoisotopic (exact) mass is 234 g/mol. The van der Waals surface area contributed by atoms with Crippen molar-refractivity contribution in [1.82, 2.24) is 0 Å². The minimum Gasteiger partial charge on any atom is -0.241 e. The van der Waals surface area contributed by atoms with Gasteiger partial charge in [0, 0.05) is 4.47 Å². The van der Waals surface area contributed by atoms with Crippen molar-refractivity contribution in [1.29, 1.82) is 4.78 Å². The van der Waals surface area contributed by atoms with Crippen LogP contribution >= 0.6 is 15.9 Å². The van der Waals surface area contributed by atoms with E-state index in [4.69, 9.17) is 9.92 Å². The Labute approximate surface area is 73.8 Å². The summed E-state index contributed by atoms with van der Waals surface area (Å²) in [6.07, 6.45) is 0. The lowest BCUT2D eigenvalue weighted by atomic mass is 10.4. The summed E-state index contributed by atoms with van der Waals surface area (Å²) in [5, 5.41) is 5.10. The van der Waals surface area contributed by atoms with E-state index in [1.165, 1.54) is 0 Å². The van der Waals surface area contributed by atoms with Gasteiger partial charge in [-0.1, -0.05) is 22.0 Å². The largest absolute Gasteiger partial charge is 0.241 e. The second kappa shape index (κ2) is 2.92. The second-order valence-corrected chi connectivity index (χ2v) is 4.65. The molecule has 3 N–H and O–H groups in total. The van der Waals surface area contributed by atoms with Crippen molar-refractivity contribution in [3.8, 4) is 0 Å². The minimum atomic E-state index is -3.06. The molecule has 60 valence electrons. The SMILES string of the molecule is N=S(N)(=O)c1cccc(Br)c1. The number of hydrogen-bond donors (Lipinski definition) is 2. The molecular weight excluding hydrogens is 228 g/mol. The zero-order chi connectivity index (χ0) is 8.48. The molecule has 1 aromatic carbocycles. The predicted octanol–water partition coefficient (Wildman–Crippen LogP) is 1.73. The Morgan fingerprint density at radius 1 is 1.55 bits per heavy atom. The van der Waals surface area contributed by atoms with Crippen LogP contribution in [0.2, 0.25) is 0 Å². The molecule has 0 bridgehead atoms. The quantitative estimate of drug-likeness (QED) is 0.764. The molecule has 3 nitrogen and oxygen atoms in total. The van der Waals surface area contributed by atoms with Gasteiger partial charge >= 0.3 is 0 Å². The van der Waals surface area contributed by atoms with Crippen LogP contribution in [-0.2, 0) is 9.92 Å². The van der Waals surface area contributed by atoms with Crippen molar-refractivity contribution < 1.29 is 4.21 Å². The molecule has 1 unspecified atom stereocenters. The zero-order valence-corrected chi connectivity index (χ0v) is 7.98. The first-order valence-corrected chi connectivity index (χ1v) is 5.24. The van der Waals surface area contributed by atoms with E-state index in [1.807, 2.05) is 0 Å². The molecule has 0 saturated carbocycles. The lowest BCUT2D eigenvalue weighted by Crippen LogP contribution is -2.09. The highest BCUT2D eigenvalue weighted by molar-refractivity contribution is 9.10. The smallest absolute Gasteiger partial charge is 0.132 e. The average molecular weight is 235 g/mol. The van der Waals surface area contributed by atoms with Gasteiger partial charge in [0.05, 0.1) is 4.90 Å². The third-order valence-electron chi connectivity index (χ3n) is 1.15. The number of hydrogen-bond acceptors (Lipinski definition) is 2. The van der Waals surface area contributed by atoms with Crippen LogP contribution in [0.15, 0.2) is 33.6 Å². The van der Waals surface area contributed by atoms with Gasteiger partial charge in [0.25, 0.3) is 0 Å². The molecule has 0 aliphatic carbocycles. The molecule has 5 heteroatoms. The Morgan fingerprint density at radius 2 is 2.18 bits per heavy atom. The van der Waals surface area contributed by atoms with Gasteiger partial charge in [-0.2, -0.15) is 0 Å². The Kier molecular flexibility index (Phi) is 2.31. The van der Waals surface area contributed by atoms with Crippen molar-refractivity contribution in [3.05, 3.63) is 28.7 Å². The first-order chi connectivity index (χ1) is 5.00. The number of nitrogens with two attached hydrogens (primary N) is 1. The summed E-state index contributed by atoms with van der Waals surface area (Å²) in [6.45, 7) is 0. The molecule has 11 heavy (non-hydrogen) atoms. The van der Waals surface area contributed by atoms with Crippen molar-refractivity contribution >= 4 is 25.8 Å². The predicted molar refractivity (Wildman–Crippen MR) is 47.5 cm³/mol. The zero-order valence-electron chi connectivity index (χ0n) is 5.58. The van der Waals surface area contributed by atoms with Gasteiger partial charge in [-0.25, -0.2) is 14.1 Å². The van der Waals surface area contributed by atoms with Crippen LogP contribution in [-0.4, -0.2) is 4.21 Å². The van der Waals surface area contributed by atoms with Crippen molar-refractivity contribution in [2.24, 2.45) is 5.14 Å². The molecule has 0 aromatic heterocycles. The van der Waals surface area contributed by atoms with Crippen LogP contribution in [0.25, 0.3) is 0 Å². The summed E-state index contributed by atoms with van der Waals surface area (Å²) in [5.41, 5.74) is 0. The van der Waals surface area contributed by atoms with Crippen LogP contribution < -0.4 is 5.14 Å². The van der Waals surface area contributed by atoms with Gasteiger partial charge in [0.15, 0.2) is 0 Å². The third-order valence-corrected chi connectivity index (χ3v) is 2.59. The van der Waals surface area contributed by atoms with Crippen LogP contribution in [0, 0.1) is 4.78 Å². The topological polar surface area (TPSA) is 66.9 Å². The molecule has 0 fully saturated rings. The normalized spacial score (nSPS) is 15.8. The summed E-state index contributed by atoms with van der Waals surface area (Å²) in [7, 11) is -3.06. The molecule has 0 radical (unpaired) electrons. The highest BCUT2D eigenvalue weighted by Gasteiger charge is 2.01. The highest BCUT2D eigenvalue weighted by Crippen LogP contribution is 2.14. The van der Waals surface area contributed by atoms with E-state index >= 15 is 0 Å². The molecule has 0 amide bonds. The number of rotatable bonds is 1. The Morgan fingerprint density at radius 3 is 2.55 bits per heavy atom. The number of nitrogens with one attached hydrogen (secondary N) is 1. The van der Waals surface area contributed by atoms with Gasteiger partial charge in [0.2, 0.25) is 0 Å². The van der Waals surface area contributed by atoms with E-state index in [1.54, 1.807) is 24.3 Å². The van der Waals surface area contributed by atoms with Gasteiger partial charge in [-0.15, -0.1) is 0 Å². The maximum absolute atomic E-state index is 11.0. The van der Waals surface area contributed by atoms with Crippen LogP contribution in [0.4, 0.5) is 0 Å². The van der Waals surface area contributed by atoms with E-state index < -0.39 is 9.92 Å². The van der Waals surface area contributed by atoms with E-state index in [2.05, 4.69) is 15.9 Å².